The maximum atomic E-state index is 4.17. The molecular formula is C23H30N8. The Morgan fingerprint density at radius 3 is 2.61 bits per heavy atom. The van der Waals surface area contributed by atoms with Crippen molar-refractivity contribution in [1.82, 2.24) is 39.1 Å². The molecule has 3 aromatic heterocycles. The van der Waals surface area contributed by atoms with Crippen LogP contribution in [-0.2, 0) is 6.42 Å². The van der Waals surface area contributed by atoms with Crippen molar-refractivity contribution in [3.63, 3.8) is 0 Å². The third kappa shape index (κ3) is 4.55. The number of aromatic amines is 1. The van der Waals surface area contributed by atoms with Crippen LogP contribution in [0.2, 0.25) is 0 Å². The Morgan fingerprint density at radius 1 is 1.03 bits per heavy atom. The zero-order valence-electron chi connectivity index (χ0n) is 18.1. The Kier molecular flexibility index (Phi) is 5.82. The molecule has 1 saturated heterocycles. The van der Waals surface area contributed by atoms with Crippen LogP contribution in [0.4, 0.5) is 0 Å². The van der Waals surface area contributed by atoms with Crippen LogP contribution in [0.5, 0.6) is 0 Å². The lowest BCUT2D eigenvalue weighted by Crippen LogP contribution is -2.47. The van der Waals surface area contributed by atoms with Gasteiger partial charge in [-0.2, -0.15) is 0 Å². The van der Waals surface area contributed by atoms with Gasteiger partial charge in [0.05, 0.1) is 6.33 Å². The number of hydrogen-bond acceptors (Lipinski definition) is 5. The summed E-state index contributed by atoms with van der Waals surface area (Å²) in [6.07, 6.45) is 13.7. The van der Waals surface area contributed by atoms with Gasteiger partial charge in [-0.25, -0.2) is 4.98 Å². The summed E-state index contributed by atoms with van der Waals surface area (Å²) in [5, 5.41) is 9.13. The molecule has 1 aliphatic rings. The molecule has 1 aromatic carbocycles. The molecule has 1 unspecified atom stereocenters. The Labute approximate surface area is 182 Å². The van der Waals surface area contributed by atoms with Crippen LogP contribution in [-0.4, -0.2) is 78.4 Å². The largest absolute Gasteiger partial charge is 0.361 e. The van der Waals surface area contributed by atoms with Crippen molar-refractivity contribution < 1.29 is 0 Å². The number of imidazole rings is 1. The first kappa shape index (κ1) is 20.0. The van der Waals surface area contributed by atoms with E-state index in [-0.39, 0.29) is 0 Å². The normalized spacial score (nSPS) is 16.8. The first-order chi connectivity index (χ1) is 15.3. The number of benzene rings is 1. The van der Waals surface area contributed by atoms with E-state index in [1.54, 1.807) is 12.7 Å². The molecular weight excluding hydrogens is 388 g/mol. The third-order valence-corrected chi connectivity index (χ3v) is 6.41. The zero-order chi connectivity index (χ0) is 21.0. The Balaban J connectivity index is 1.11. The average molecular weight is 419 g/mol. The lowest BCUT2D eigenvalue weighted by Gasteiger charge is -2.36. The number of nitrogens with one attached hydrogen (secondary N) is 1. The van der Waals surface area contributed by atoms with Gasteiger partial charge in [0, 0.05) is 73.9 Å². The lowest BCUT2D eigenvalue weighted by molar-refractivity contribution is 0.120. The summed E-state index contributed by atoms with van der Waals surface area (Å²) in [4.78, 5) is 12.8. The summed E-state index contributed by atoms with van der Waals surface area (Å²) in [6, 6.07) is 6.93. The maximum Gasteiger partial charge on any atom is 0.123 e. The van der Waals surface area contributed by atoms with Gasteiger partial charge in [-0.05, 0) is 50.1 Å². The van der Waals surface area contributed by atoms with Crippen molar-refractivity contribution in [1.29, 1.82) is 0 Å². The number of nitrogens with zero attached hydrogens (tertiary/aromatic N) is 7. The fourth-order valence-corrected chi connectivity index (χ4v) is 4.55. The quantitative estimate of drug-likeness (QED) is 0.476. The first-order valence-corrected chi connectivity index (χ1v) is 11.1. The van der Waals surface area contributed by atoms with Gasteiger partial charge in [0.15, 0.2) is 0 Å². The van der Waals surface area contributed by atoms with Gasteiger partial charge in [0.25, 0.3) is 0 Å². The van der Waals surface area contributed by atoms with Crippen molar-refractivity contribution in [2.75, 3.05) is 39.3 Å². The number of piperazine rings is 1. The summed E-state index contributed by atoms with van der Waals surface area (Å²) < 4.78 is 4.14. The summed E-state index contributed by atoms with van der Waals surface area (Å²) in [7, 11) is 0. The Hall–Kier alpha value is -2.97. The smallest absolute Gasteiger partial charge is 0.123 e. The molecule has 8 heteroatoms. The van der Waals surface area contributed by atoms with Gasteiger partial charge in [-0.3, -0.25) is 9.47 Å². The minimum atomic E-state index is 0.471. The molecule has 8 nitrogen and oxygen atoms in total. The average Bonchev–Trinajstić information content (AvgIpc) is 3.56. The minimum absolute atomic E-state index is 0.471. The number of hydrogen-bond donors (Lipinski definition) is 1. The van der Waals surface area contributed by atoms with Crippen LogP contribution in [0.25, 0.3) is 16.6 Å². The maximum absolute atomic E-state index is 4.17. The van der Waals surface area contributed by atoms with E-state index < -0.39 is 0 Å². The van der Waals surface area contributed by atoms with Gasteiger partial charge < -0.3 is 14.5 Å². The summed E-state index contributed by atoms with van der Waals surface area (Å²) >= 11 is 0. The molecule has 4 heterocycles. The molecule has 5 rings (SSSR count). The second kappa shape index (κ2) is 9.03. The monoisotopic (exact) mass is 418 g/mol. The minimum Gasteiger partial charge on any atom is -0.361 e. The van der Waals surface area contributed by atoms with Gasteiger partial charge in [0.1, 0.15) is 12.7 Å². The fraction of sp³-hybridized carbons (Fsp3) is 0.435. The van der Waals surface area contributed by atoms with Gasteiger partial charge in [0.2, 0.25) is 0 Å². The van der Waals surface area contributed by atoms with Crippen LogP contribution in [0.1, 0.15) is 24.9 Å². The Morgan fingerprint density at radius 2 is 1.84 bits per heavy atom. The summed E-state index contributed by atoms with van der Waals surface area (Å²) in [6.45, 7) is 9.12. The number of fused-ring (bicyclic) bond motifs is 1. The summed E-state index contributed by atoms with van der Waals surface area (Å²) in [5.41, 5.74) is 3.67. The van der Waals surface area contributed by atoms with E-state index in [1.165, 1.54) is 22.9 Å². The van der Waals surface area contributed by atoms with Gasteiger partial charge in [-0.1, -0.05) is 0 Å². The molecule has 0 spiro atoms. The van der Waals surface area contributed by atoms with E-state index in [2.05, 4.69) is 72.0 Å². The van der Waals surface area contributed by atoms with E-state index in [9.17, 15) is 0 Å². The highest BCUT2D eigenvalue weighted by atomic mass is 15.3. The number of aryl methyl sites for hydroxylation is 1. The highest BCUT2D eigenvalue weighted by Gasteiger charge is 2.19. The van der Waals surface area contributed by atoms with Crippen molar-refractivity contribution in [2.24, 2.45) is 0 Å². The summed E-state index contributed by atoms with van der Waals surface area (Å²) in [5.74, 6) is 0. The first-order valence-electron chi connectivity index (χ1n) is 11.1. The number of H-pyrrole nitrogens is 1. The van der Waals surface area contributed by atoms with Crippen molar-refractivity contribution in [2.45, 2.75) is 25.8 Å². The standard InChI is InChI=1S/C23H30N8/c1-19(30-8-6-24-16-30)15-29-11-9-28(10-12-29)7-2-3-20-14-25-23-5-4-21(13-22(20)23)31-17-26-27-18-31/h4-6,8,13-14,16-19,25H,2-3,7,9-12,15H2,1H3. The molecule has 162 valence electrons. The molecule has 1 aliphatic heterocycles. The Bertz CT molecular complexity index is 1070. The van der Waals surface area contributed by atoms with Crippen molar-refractivity contribution in [3.05, 3.63) is 61.3 Å². The predicted octanol–water partition coefficient (Wildman–Crippen LogP) is 2.76. The molecule has 0 bridgehead atoms. The zero-order valence-corrected chi connectivity index (χ0v) is 18.1. The molecule has 1 atom stereocenters. The second-order valence-corrected chi connectivity index (χ2v) is 8.52. The second-order valence-electron chi connectivity index (χ2n) is 8.52. The van der Waals surface area contributed by atoms with Crippen LogP contribution < -0.4 is 0 Å². The molecule has 1 N–H and O–H groups in total. The van der Waals surface area contributed by atoms with E-state index in [1.807, 2.05) is 17.1 Å². The van der Waals surface area contributed by atoms with Crippen LogP contribution >= 0.6 is 0 Å². The molecule has 0 aliphatic carbocycles. The van der Waals surface area contributed by atoms with E-state index in [0.717, 1.165) is 51.4 Å². The van der Waals surface area contributed by atoms with Crippen molar-refractivity contribution >= 4 is 10.9 Å². The predicted molar refractivity (Wildman–Crippen MR) is 121 cm³/mol. The van der Waals surface area contributed by atoms with Gasteiger partial charge in [-0.15, -0.1) is 10.2 Å². The molecule has 31 heavy (non-hydrogen) atoms. The van der Waals surface area contributed by atoms with Crippen LogP contribution in [0.3, 0.4) is 0 Å². The number of aromatic nitrogens is 6. The van der Waals surface area contributed by atoms with E-state index >= 15 is 0 Å². The molecule has 0 amide bonds. The highest BCUT2D eigenvalue weighted by Crippen LogP contribution is 2.23. The van der Waals surface area contributed by atoms with E-state index in [4.69, 9.17) is 0 Å². The molecule has 4 aromatic rings. The SMILES string of the molecule is CC(CN1CCN(CCCc2c[nH]c3ccc(-n4cnnc4)cc23)CC1)n1ccnc1. The fourth-order valence-electron chi connectivity index (χ4n) is 4.55. The molecule has 1 fully saturated rings. The third-order valence-electron chi connectivity index (χ3n) is 6.41. The van der Waals surface area contributed by atoms with Gasteiger partial charge >= 0.3 is 0 Å². The molecule has 0 radical (unpaired) electrons. The van der Waals surface area contributed by atoms with Crippen LogP contribution in [0.15, 0.2) is 55.8 Å². The highest BCUT2D eigenvalue weighted by molar-refractivity contribution is 5.85. The van der Waals surface area contributed by atoms with Crippen molar-refractivity contribution in [3.8, 4) is 5.69 Å². The topological polar surface area (TPSA) is 70.8 Å². The molecule has 0 saturated carbocycles. The van der Waals surface area contributed by atoms with Crippen LogP contribution in [0, 0.1) is 0 Å². The van der Waals surface area contributed by atoms with E-state index in [0.29, 0.717) is 6.04 Å². The lowest BCUT2D eigenvalue weighted by atomic mass is 10.1. The number of rotatable bonds is 8.